The molecule has 3 N–H and O–H groups in total. The van der Waals surface area contributed by atoms with Crippen molar-refractivity contribution in [2.45, 2.75) is 77.8 Å². The molecular formula is C16H30N2O3. The second-order valence-electron chi connectivity index (χ2n) is 7.16. The molecule has 0 unspecified atom stereocenters. The molecule has 1 fully saturated rings. The smallest absolute Gasteiger partial charge is 0.310 e. The molecule has 1 amide bonds. The number of hydrogen-bond acceptors (Lipinski definition) is 3. The van der Waals surface area contributed by atoms with Crippen molar-refractivity contribution in [3.05, 3.63) is 0 Å². The SMILES string of the molecule is CC(C)(NCC(=O)NC1CCCCCC1)C(C)(C)C(=O)O. The maximum Gasteiger partial charge on any atom is 0.310 e. The number of carboxylic acids is 1. The summed E-state index contributed by atoms with van der Waals surface area (Å²) in [5, 5.41) is 15.4. The summed E-state index contributed by atoms with van der Waals surface area (Å²) in [6.07, 6.45) is 6.96. The molecule has 1 rings (SSSR count). The first-order valence-corrected chi connectivity index (χ1v) is 7.94. The summed E-state index contributed by atoms with van der Waals surface area (Å²) in [5.41, 5.74) is -1.62. The Morgan fingerprint density at radius 3 is 2.05 bits per heavy atom. The van der Waals surface area contributed by atoms with Gasteiger partial charge in [0.05, 0.1) is 12.0 Å². The van der Waals surface area contributed by atoms with E-state index >= 15 is 0 Å². The fourth-order valence-electron chi connectivity index (χ4n) is 2.49. The van der Waals surface area contributed by atoms with Crippen LogP contribution in [0.5, 0.6) is 0 Å². The van der Waals surface area contributed by atoms with E-state index in [2.05, 4.69) is 10.6 Å². The third-order valence-corrected chi connectivity index (χ3v) is 5.01. The molecule has 5 heteroatoms. The molecule has 0 bridgehead atoms. The van der Waals surface area contributed by atoms with E-state index in [0.717, 1.165) is 12.8 Å². The van der Waals surface area contributed by atoms with E-state index in [1.54, 1.807) is 13.8 Å². The normalized spacial score (nSPS) is 18.1. The molecule has 0 aromatic rings. The zero-order valence-corrected chi connectivity index (χ0v) is 13.8. The molecule has 5 nitrogen and oxygen atoms in total. The lowest BCUT2D eigenvalue weighted by atomic mass is 9.74. The largest absolute Gasteiger partial charge is 0.481 e. The third-order valence-electron chi connectivity index (χ3n) is 5.01. The molecule has 1 aliphatic rings. The van der Waals surface area contributed by atoms with E-state index in [1.807, 2.05) is 13.8 Å². The molecule has 0 aromatic heterocycles. The summed E-state index contributed by atoms with van der Waals surface area (Å²) in [7, 11) is 0. The van der Waals surface area contributed by atoms with E-state index < -0.39 is 16.9 Å². The van der Waals surface area contributed by atoms with Gasteiger partial charge in [0.2, 0.25) is 5.91 Å². The van der Waals surface area contributed by atoms with Crippen molar-refractivity contribution < 1.29 is 14.7 Å². The van der Waals surface area contributed by atoms with Crippen LogP contribution in [0.3, 0.4) is 0 Å². The minimum atomic E-state index is -0.949. The standard InChI is InChI=1S/C16H30N2O3/c1-15(2,14(20)21)16(3,4)17-11-13(19)18-12-9-7-5-6-8-10-12/h12,17H,5-11H2,1-4H3,(H,18,19)(H,20,21). The summed E-state index contributed by atoms with van der Waals surface area (Å²) in [6.45, 7) is 7.14. The molecular weight excluding hydrogens is 268 g/mol. The molecule has 122 valence electrons. The van der Waals surface area contributed by atoms with Crippen molar-refractivity contribution in [2.24, 2.45) is 5.41 Å². The van der Waals surface area contributed by atoms with Gasteiger partial charge in [0.1, 0.15) is 0 Å². The highest BCUT2D eigenvalue weighted by Crippen LogP contribution is 2.30. The van der Waals surface area contributed by atoms with Crippen molar-refractivity contribution in [2.75, 3.05) is 6.54 Å². The quantitative estimate of drug-likeness (QED) is 0.658. The first-order chi connectivity index (χ1) is 9.67. The minimum Gasteiger partial charge on any atom is -0.481 e. The fourth-order valence-corrected chi connectivity index (χ4v) is 2.49. The van der Waals surface area contributed by atoms with Crippen LogP contribution >= 0.6 is 0 Å². The van der Waals surface area contributed by atoms with Crippen LogP contribution in [0.25, 0.3) is 0 Å². The Kier molecular flexibility index (Phi) is 6.20. The summed E-state index contributed by atoms with van der Waals surface area (Å²) in [6, 6.07) is 0.275. The van der Waals surface area contributed by atoms with Gasteiger partial charge in [-0.05, 0) is 40.5 Å². The number of rotatable bonds is 6. The van der Waals surface area contributed by atoms with E-state index in [-0.39, 0.29) is 18.5 Å². The highest BCUT2D eigenvalue weighted by atomic mass is 16.4. The van der Waals surface area contributed by atoms with Crippen LogP contribution in [-0.2, 0) is 9.59 Å². The van der Waals surface area contributed by atoms with Crippen molar-refractivity contribution in [3.8, 4) is 0 Å². The van der Waals surface area contributed by atoms with Crippen molar-refractivity contribution in [1.82, 2.24) is 10.6 Å². The van der Waals surface area contributed by atoms with Gasteiger partial charge in [0.15, 0.2) is 0 Å². The predicted molar refractivity (Wildman–Crippen MR) is 83.1 cm³/mol. The topological polar surface area (TPSA) is 78.4 Å². The lowest BCUT2D eigenvalue weighted by Gasteiger charge is -2.39. The number of carboxylic acid groups (broad SMARTS) is 1. The maximum atomic E-state index is 12.0. The van der Waals surface area contributed by atoms with Gasteiger partial charge < -0.3 is 15.7 Å². The Hall–Kier alpha value is -1.10. The van der Waals surface area contributed by atoms with Gasteiger partial charge in [-0.2, -0.15) is 0 Å². The first-order valence-electron chi connectivity index (χ1n) is 7.94. The zero-order chi connectivity index (χ0) is 16.1. The van der Waals surface area contributed by atoms with Gasteiger partial charge in [0.25, 0.3) is 0 Å². The van der Waals surface area contributed by atoms with Gasteiger partial charge in [-0.3, -0.25) is 9.59 Å². The van der Waals surface area contributed by atoms with E-state index in [9.17, 15) is 14.7 Å². The minimum absolute atomic E-state index is 0.0452. The monoisotopic (exact) mass is 298 g/mol. The number of hydrogen-bond donors (Lipinski definition) is 3. The molecule has 0 heterocycles. The van der Waals surface area contributed by atoms with Crippen LogP contribution in [-0.4, -0.2) is 35.1 Å². The Morgan fingerprint density at radius 2 is 1.57 bits per heavy atom. The molecule has 21 heavy (non-hydrogen) atoms. The third kappa shape index (κ3) is 4.99. The molecule has 0 aromatic carbocycles. The Bertz CT molecular complexity index is 370. The summed E-state index contributed by atoms with van der Waals surface area (Å²) >= 11 is 0. The molecule has 1 saturated carbocycles. The molecule has 0 saturated heterocycles. The molecule has 0 atom stereocenters. The van der Waals surface area contributed by atoms with E-state index in [4.69, 9.17) is 0 Å². The number of aliphatic carboxylic acids is 1. The number of carbonyl (C=O) groups excluding carboxylic acids is 1. The fraction of sp³-hybridized carbons (Fsp3) is 0.875. The van der Waals surface area contributed by atoms with E-state index in [1.165, 1.54) is 25.7 Å². The van der Waals surface area contributed by atoms with Crippen LogP contribution in [0.4, 0.5) is 0 Å². The molecule has 0 spiro atoms. The summed E-state index contributed by atoms with van der Waals surface area (Å²) < 4.78 is 0. The maximum absolute atomic E-state index is 12.0. The zero-order valence-electron chi connectivity index (χ0n) is 13.8. The summed E-state index contributed by atoms with van der Waals surface area (Å²) in [4.78, 5) is 23.4. The predicted octanol–water partition coefficient (Wildman–Crippen LogP) is 2.30. The van der Waals surface area contributed by atoms with Crippen LogP contribution in [0.2, 0.25) is 0 Å². The van der Waals surface area contributed by atoms with Gasteiger partial charge in [0, 0.05) is 11.6 Å². The van der Waals surface area contributed by atoms with Crippen LogP contribution < -0.4 is 10.6 Å². The van der Waals surface area contributed by atoms with E-state index in [0.29, 0.717) is 0 Å². The van der Waals surface area contributed by atoms with Gasteiger partial charge in [-0.15, -0.1) is 0 Å². The second-order valence-corrected chi connectivity index (χ2v) is 7.16. The van der Waals surface area contributed by atoms with Gasteiger partial charge >= 0.3 is 5.97 Å². The second kappa shape index (κ2) is 7.25. The van der Waals surface area contributed by atoms with Crippen molar-refractivity contribution in [3.63, 3.8) is 0 Å². The molecule has 0 aliphatic heterocycles. The van der Waals surface area contributed by atoms with Crippen molar-refractivity contribution >= 4 is 11.9 Å². The lowest BCUT2D eigenvalue weighted by molar-refractivity contribution is -0.151. The highest BCUT2D eigenvalue weighted by Gasteiger charge is 2.43. The highest BCUT2D eigenvalue weighted by molar-refractivity contribution is 5.79. The molecule has 0 radical (unpaired) electrons. The van der Waals surface area contributed by atoms with Crippen LogP contribution in [0, 0.1) is 5.41 Å². The lowest BCUT2D eigenvalue weighted by Crippen LogP contribution is -2.57. The first kappa shape index (κ1) is 18.0. The molecule has 1 aliphatic carbocycles. The van der Waals surface area contributed by atoms with Gasteiger partial charge in [-0.25, -0.2) is 0 Å². The average molecular weight is 298 g/mol. The Balaban J connectivity index is 2.46. The van der Waals surface area contributed by atoms with Gasteiger partial charge in [-0.1, -0.05) is 25.7 Å². The number of nitrogens with one attached hydrogen (secondary N) is 2. The number of carbonyl (C=O) groups is 2. The van der Waals surface area contributed by atoms with Crippen LogP contribution in [0.1, 0.15) is 66.2 Å². The Morgan fingerprint density at radius 1 is 1.05 bits per heavy atom. The Labute approximate surface area is 127 Å². The summed E-state index contributed by atoms with van der Waals surface area (Å²) in [5.74, 6) is -0.916. The number of amides is 1. The average Bonchev–Trinajstić information content (AvgIpc) is 2.64. The van der Waals surface area contributed by atoms with Crippen molar-refractivity contribution in [1.29, 1.82) is 0 Å². The van der Waals surface area contributed by atoms with Crippen LogP contribution in [0.15, 0.2) is 0 Å².